The highest BCUT2D eigenvalue weighted by Gasteiger charge is 1.89. The van der Waals surface area contributed by atoms with Crippen molar-refractivity contribution in [2.24, 2.45) is 0 Å². The topological polar surface area (TPSA) is 37.3 Å². The molecular formula is C6H7ClO2. The highest BCUT2D eigenvalue weighted by Crippen LogP contribution is 2.01. The van der Waals surface area contributed by atoms with Gasteiger partial charge in [0, 0.05) is 11.1 Å². The maximum absolute atomic E-state index is 9.89. The number of carbonyl (C=O) groups is 1. The third kappa shape index (κ3) is 5.11. The van der Waals surface area contributed by atoms with Gasteiger partial charge in [0.2, 0.25) is 0 Å². The average Bonchev–Trinajstić information content (AvgIpc) is 1.63. The molecule has 50 valence electrons. The molecule has 9 heavy (non-hydrogen) atoms. The van der Waals surface area contributed by atoms with Crippen molar-refractivity contribution in [3.63, 3.8) is 0 Å². The highest BCUT2D eigenvalue weighted by atomic mass is 35.5. The Kier molecular flexibility index (Phi) is 3.80. The van der Waals surface area contributed by atoms with Gasteiger partial charge >= 0.3 is 5.97 Å². The zero-order chi connectivity index (χ0) is 7.28. The number of carboxylic acids is 1. The van der Waals surface area contributed by atoms with Crippen molar-refractivity contribution in [1.29, 1.82) is 0 Å². The smallest absolute Gasteiger partial charge is 0.329 e. The van der Waals surface area contributed by atoms with Gasteiger partial charge in [-0.25, -0.2) is 4.79 Å². The van der Waals surface area contributed by atoms with E-state index in [2.05, 4.69) is 0 Å². The molecule has 3 heteroatoms. The lowest BCUT2D eigenvalue weighted by Crippen LogP contribution is -1.86. The Bertz CT molecular complexity index is 158. The van der Waals surface area contributed by atoms with E-state index in [1.165, 1.54) is 6.08 Å². The van der Waals surface area contributed by atoms with E-state index in [9.17, 15) is 4.79 Å². The van der Waals surface area contributed by atoms with Crippen molar-refractivity contribution in [2.45, 2.75) is 6.92 Å². The lowest BCUT2D eigenvalue weighted by molar-refractivity contribution is -0.131. The number of rotatable bonds is 2. The van der Waals surface area contributed by atoms with Crippen LogP contribution in [0.25, 0.3) is 0 Å². The summed E-state index contributed by atoms with van der Waals surface area (Å²) in [6.45, 7) is 1.76. The van der Waals surface area contributed by atoms with E-state index >= 15 is 0 Å². The maximum atomic E-state index is 9.89. The van der Waals surface area contributed by atoms with Crippen LogP contribution in [0.3, 0.4) is 0 Å². The van der Waals surface area contributed by atoms with Gasteiger partial charge in [0.1, 0.15) is 0 Å². The van der Waals surface area contributed by atoms with Crippen molar-refractivity contribution in [3.05, 3.63) is 23.3 Å². The molecule has 0 aromatic rings. The average molecular weight is 147 g/mol. The first-order valence-electron chi connectivity index (χ1n) is 2.39. The lowest BCUT2D eigenvalue weighted by atomic mass is 10.4. The molecule has 0 heterocycles. The quantitative estimate of drug-likeness (QED) is 0.476. The predicted molar refractivity (Wildman–Crippen MR) is 36.4 cm³/mol. The van der Waals surface area contributed by atoms with Crippen molar-refractivity contribution >= 4 is 17.6 Å². The number of allylic oxidation sites excluding steroid dienone is 3. The molecule has 0 saturated carbocycles. The molecule has 0 bridgehead atoms. The maximum Gasteiger partial charge on any atom is 0.329 e. The van der Waals surface area contributed by atoms with E-state index in [4.69, 9.17) is 16.7 Å². The van der Waals surface area contributed by atoms with E-state index in [0.29, 0.717) is 0 Å². The van der Waals surface area contributed by atoms with Gasteiger partial charge < -0.3 is 5.11 Å². The largest absolute Gasteiger partial charge is 0.478 e. The standard InChI is InChI=1S/C6H7ClO2/c1-2-3-5(7)4-6(8)9/h2-4H,1H3,(H,8,9)/b3-2-,5-4-. The summed E-state index contributed by atoms with van der Waals surface area (Å²) in [5.41, 5.74) is 0. The summed E-state index contributed by atoms with van der Waals surface area (Å²) in [5.74, 6) is -1.03. The van der Waals surface area contributed by atoms with Gasteiger partial charge in [0.05, 0.1) is 0 Å². The Morgan fingerprint density at radius 1 is 1.67 bits per heavy atom. The Morgan fingerprint density at radius 2 is 2.22 bits per heavy atom. The summed E-state index contributed by atoms with van der Waals surface area (Å²) < 4.78 is 0. The van der Waals surface area contributed by atoms with Crippen LogP contribution in [0.2, 0.25) is 0 Å². The zero-order valence-corrected chi connectivity index (χ0v) is 5.72. The fourth-order valence-corrected chi connectivity index (χ4v) is 0.545. The highest BCUT2D eigenvalue weighted by molar-refractivity contribution is 6.32. The van der Waals surface area contributed by atoms with Crippen LogP contribution in [0, 0.1) is 0 Å². The van der Waals surface area contributed by atoms with Crippen LogP contribution >= 0.6 is 11.6 Å². The number of carboxylic acid groups (broad SMARTS) is 1. The van der Waals surface area contributed by atoms with Crippen molar-refractivity contribution in [1.82, 2.24) is 0 Å². The van der Waals surface area contributed by atoms with Crippen LogP contribution in [-0.4, -0.2) is 11.1 Å². The van der Waals surface area contributed by atoms with Crippen molar-refractivity contribution in [2.75, 3.05) is 0 Å². The number of hydrogen-bond donors (Lipinski definition) is 1. The van der Waals surface area contributed by atoms with Crippen LogP contribution in [0.1, 0.15) is 6.92 Å². The molecule has 0 aliphatic carbocycles. The SMILES string of the molecule is C/C=C\C(Cl)=C\C(=O)O. The Morgan fingerprint density at radius 3 is 2.56 bits per heavy atom. The summed E-state index contributed by atoms with van der Waals surface area (Å²) in [6, 6.07) is 0. The van der Waals surface area contributed by atoms with Crippen LogP contribution in [0.5, 0.6) is 0 Å². The Hall–Kier alpha value is -0.760. The summed E-state index contributed by atoms with van der Waals surface area (Å²) in [4.78, 5) is 9.89. The normalized spacial score (nSPS) is 12.4. The van der Waals surface area contributed by atoms with Gasteiger partial charge in [-0.2, -0.15) is 0 Å². The van der Waals surface area contributed by atoms with Crippen molar-refractivity contribution in [3.8, 4) is 0 Å². The zero-order valence-electron chi connectivity index (χ0n) is 4.97. The number of hydrogen-bond acceptors (Lipinski definition) is 1. The minimum atomic E-state index is -1.03. The molecule has 0 unspecified atom stereocenters. The second kappa shape index (κ2) is 4.15. The van der Waals surface area contributed by atoms with E-state index in [0.717, 1.165) is 6.08 Å². The van der Waals surface area contributed by atoms with Crippen LogP contribution in [0.4, 0.5) is 0 Å². The fourth-order valence-electron chi connectivity index (χ4n) is 0.325. The molecule has 0 atom stereocenters. The second-order valence-electron chi connectivity index (χ2n) is 1.37. The van der Waals surface area contributed by atoms with Gasteiger partial charge in [0.25, 0.3) is 0 Å². The summed E-state index contributed by atoms with van der Waals surface area (Å²) in [6.07, 6.45) is 4.11. The van der Waals surface area contributed by atoms with Crippen LogP contribution in [0.15, 0.2) is 23.3 Å². The third-order valence-electron chi connectivity index (χ3n) is 0.587. The van der Waals surface area contributed by atoms with Gasteiger partial charge in [-0.1, -0.05) is 17.7 Å². The van der Waals surface area contributed by atoms with Crippen LogP contribution < -0.4 is 0 Å². The van der Waals surface area contributed by atoms with Gasteiger partial charge in [-0.15, -0.1) is 0 Å². The molecule has 0 aliphatic rings. The predicted octanol–water partition coefficient (Wildman–Crippen LogP) is 1.77. The fraction of sp³-hybridized carbons (Fsp3) is 0.167. The molecule has 0 rings (SSSR count). The monoisotopic (exact) mass is 146 g/mol. The third-order valence-corrected chi connectivity index (χ3v) is 0.822. The molecule has 0 aliphatic heterocycles. The van der Waals surface area contributed by atoms with Gasteiger partial charge in [-0.05, 0) is 13.0 Å². The first-order valence-corrected chi connectivity index (χ1v) is 2.77. The Balaban J connectivity index is 4.00. The summed E-state index contributed by atoms with van der Waals surface area (Å²) >= 11 is 5.37. The van der Waals surface area contributed by atoms with E-state index in [1.807, 2.05) is 0 Å². The number of aliphatic carboxylic acids is 1. The van der Waals surface area contributed by atoms with Crippen molar-refractivity contribution < 1.29 is 9.90 Å². The summed E-state index contributed by atoms with van der Waals surface area (Å²) in [5, 5.41) is 8.34. The molecule has 0 amide bonds. The molecule has 0 aromatic carbocycles. The first-order chi connectivity index (χ1) is 4.16. The number of halogens is 1. The molecule has 2 nitrogen and oxygen atoms in total. The van der Waals surface area contributed by atoms with Gasteiger partial charge in [-0.3, -0.25) is 0 Å². The molecule has 1 N–H and O–H groups in total. The minimum absolute atomic E-state index is 0.227. The molecule has 0 radical (unpaired) electrons. The summed E-state index contributed by atoms with van der Waals surface area (Å²) in [7, 11) is 0. The first kappa shape index (κ1) is 8.24. The molecular weight excluding hydrogens is 140 g/mol. The molecule has 0 spiro atoms. The van der Waals surface area contributed by atoms with E-state index in [-0.39, 0.29) is 5.03 Å². The van der Waals surface area contributed by atoms with Gasteiger partial charge in [0.15, 0.2) is 0 Å². The van der Waals surface area contributed by atoms with E-state index in [1.54, 1.807) is 13.0 Å². The minimum Gasteiger partial charge on any atom is -0.478 e. The van der Waals surface area contributed by atoms with Crippen LogP contribution in [-0.2, 0) is 4.79 Å². The molecule has 0 fully saturated rings. The van der Waals surface area contributed by atoms with E-state index < -0.39 is 5.97 Å². The second-order valence-corrected chi connectivity index (χ2v) is 1.80. The lowest BCUT2D eigenvalue weighted by Gasteiger charge is -1.81. The molecule has 0 aromatic heterocycles. The molecule has 0 saturated heterocycles. The Labute approximate surface area is 58.4 Å².